The summed E-state index contributed by atoms with van der Waals surface area (Å²) in [5.74, 6) is -0.239. The Kier molecular flexibility index (Phi) is 2.96. The minimum atomic E-state index is -0.239. The van der Waals surface area contributed by atoms with Crippen molar-refractivity contribution in [3.63, 3.8) is 0 Å². The summed E-state index contributed by atoms with van der Waals surface area (Å²) in [7, 11) is 0. The van der Waals surface area contributed by atoms with Crippen molar-refractivity contribution in [2.45, 2.75) is 26.7 Å². The Morgan fingerprint density at radius 1 is 1.00 bits per heavy atom. The van der Waals surface area contributed by atoms with Crippen molar-refractivity contribution in [3.05, 3.63) is 76.1 Å². The summed E-state index contributed by atoms with van der Waals surface area (Å²) in [4.78, 5) is 12.4. The van der Waals surface area contributed by atoms with Gasteiger partial charge in [-0.05, 0) is 54.8 Å². The van der Waals surface area contributed by atoms with E-state index in [9.17, 15) is 4.79 Å². The molecule has 2 aromatic carbocycles. The summed E-state index contributed by atoms with van der Waals surface area (Å²) in [5.41, 5.74) is 10.7. The summed E-state index contributed by atoms with van der Waals surface area (Å²) >= 11 is 0. The van der Waals surface area contributed by atoms with Crippen LogP contribution in [-0.4, -0.2) is 17.1 Å². The second kappa shape index (κ2) is 5.09. The van der Waals surface area contributed by atoms with Gasteiger partial charge in [0.1, 0.15) is 0 Å². The Labute approximate surface area is 146 Å². The molecule has 0 unspecified atom stereocenters. The summed E-state index contributed by atoms with van der Waals surface area (Å²) in [6.45, 7) is 4.36. The minimum Gasteiger partial charge on any atom is -0.462 e. The average molecular weight is 329 g/mol. The molecule has 0 amide bonds. The van der Waals surface area contributed by atoms with Gasteiger partial charge in [-0.15, -0.1) is 0 Å². The van der Waals surface area contributed by atoms with Crippen molar-refractivity contribution in [1.29, 1.82) is 0 Å². The van der Waals surface area contributed by atoms with Gasteiger partial charge in [0.25, 0.3) is 0 Å². The Bertz CT molecular complexity index is 1040. The molecule has 3 nitrogen and oxygen atoms in total. The molecule has 0 saturated carbocycles. The van der Waals surface area contributed by atoms with E-state index in [0.717, 1.165) is 18.4 Å². The van der Waals surface area contributed by atoms with Crippen LogP contribution < -0.4 is 0 Å². The van der Waals surface area contributed by atoms with E-state index in [4.69, 9.17) is 4.74 Å². The number of hydrogen-bond acceptors (Lipinski definition) is 2. The highest BCUT2D eigenvalue weighted by atomic mass is 16.5. The predicted octanol–water partition coefficient (Wildman–Crippen LogP) is 4.44. The van der Waals surface area contributed by atoms with Gasteiger partial charge in [-0.25, -0.2) is 4.79 Å². The van der Waals surface area contributed by atoms with Crippen molar-refractivity contribution < 1.29 is 9.53 Å². The molecule has 124 valence electrons. The molecular formula is C22H19NO2. The SMILES string of the molecule is CCOC(=O)c1cc2c3c(c1)-c1cc(C)ccc1Cc1ccc(n1-3)C2. The molecule has 5 rings (SSSR count). The van der Waals surface area contributed by atoms with Crippen LogP contribution in [0.3, 0.4) is 0 Å². The van der Waals surface area contributed by atoms with Gasteiger partial charge in [-0.3, -0.25) is 0 Å². The van der Waals surface area contributed by atoms with Gasteiger partial charge in [0.05, 0.1) is 17.9 Å². The van der Waals surface area contributed by atoms with Crippen LogP contribution in [0.25, 0.3) is 16.8 Å². The topological polar surface area (TPSA) is 31.2 Å². The van der Waals surface area contributed by atoms with E-state index < -0.39 is 0 Å². The van der Waals surface area contributed by atoms with E-state index >= 15 is 0 Å². The number of nitrogens with zero attached hydrogens (tertiary/aromatic N) is 1. The van der Waals surface area contributed by atoms with Crippen molar-refractivity contribution >= 4 is 5.97 Å². The molecule has 0 saturated heterocycles. The third-order valence-electron chi connectivity index (χ3n) is 5.26. The number of carbonyl (C=O) groups is 1. The predicted molar refractivity (Wildman–Crippen MR) is 97.5 cm³/mol. The fourth-order valence-corrected chi connectivity index (χ4v) is 4.21. The number of carbonyl (C=O) groups excluding carboxylic acids is 1. The molecule has 0 N–H and O–H groups in total. The first-order valence-electron chi connectivity index (χ1n) is 8.79. The zero-order chi connectivity index (χ0) is 17.1. The minimum absolute atomic E-state index is 0.239. The third kappa shape index (κ3) is 2.02. The van der Waals surface area contributed by atoms with Crippen molar-refractivity contribution in [2.75, 3.05) is 6.61 Å². The van der Waals surface area contributed by atoms with Gasteiger partial charge >= 0.3 is 5.97 Å². The number of benzene rings is 2. The number of esters is 1. The van der Waals surface area contributed by atoms with E-state index in [0.29, 0.717) is 12.2 Å². The quantitative estimate of drug-likeness (QED) is 0.448. The Morgan fingerprint density at radius 2 is 1.76 bits per heavy atom. The maximum Gasteiger partial charge on any atom is 0.338 e. The van der Waals surface area contributed by atoms with Crippen molar-refractivity contribution in [3.8, 4) is 16.8 Å². The Morgan fingerprint density at radius 3 is 2.52 bits per heavy atom. The number of rotatable bonds is 2. The molecule has 0 atom stereocenters. The molecule has 0 aliphatic carbocycles. The lowest BCUT2D eigenvalue weighted by molar-refractivity contribution is 0.0526. The molecule has 0 fully saturated rings. The van der Waals surface area contributed by atoms with E-state index in [1.807, 2.05) is 19.1 Å². The molecule has 3 heteroatoms. The maximum atomic E-state index is 12.4. The number of ether oxygens (including phenoxy) is 1. The summed E-state index contributed by atoms with van der Waals surface area (Å²) in [5, 5.41) is 0. The summed E-state index contributed by atoms with van der Waals surface area (Å²) in [6, 6.07) is 15.1. The van der Waals surface area contributed by atoms with Gasteiger partial charge < -0.3 is 9.30 Å². The monoisotopic (exact) mass is 329 g/mol. The molecule has 2 aliphatic rings. The lowest BCUT2D eigenvalue weighted by atomic mass is 9.92. The van der Waals surface area contributed by atoms with Crippen LogP contribution in [0.2, 0.25) is 0 Å². The number of fused-ring (bicyclic) bond motifs is 2. The third-order valence-corrected chi connectivity index (χ3v) is 5.26. The van der Waals surface area contributed by atoms with Gasteiger partial charge in [-0.2, -0.15) is 0 Å². The lowest BCUT2D eigenvalue weighted by Gasteiger charge is -2.14. The molecule has 0 radical (unpaired) electrons. The number of hydrogen-bond donors (Lipinski definition) is 0. The average Bonchev–Trinajstić information content (AvgIpc) is 3.11. The van der Waals surface area contributed by atoms with Gasteiger partial charge in [0, 0.05) is 29.8 Å². The highest BCUT2D eigenvalue weighted by Gasteiger charge is 2.29. The van der Waals surface area contributed by atoms with Crippen LogP contribution in [0.15, 0.2) is 42.5 Å². The standard InChI is InChI=1S/C22H19NO2/c1-3-25-22(24)16-9-15-11-18-7-6-17-10-14-5-4-13(2)8-19(14)20(12-16)21(15)23(17)18/h4-9,12H,3,10-11H2,1-2H3. The van der Waals surface area contributed by atoms with Gasteiger partial charge in [0.2, 0.25) is 0 Å². The second-order valence-corrected chi connectivity index (χ2v) is 6.92. The first-order chi connectivity index (χ1) is 12.2. The molecule has 1 aromatic heterocycles. The van der Waals surface area contributed by atoms with E-state index in [2.05, 4.69) is 41.8 Å². The molecule has 3 heterocycles. The smallest absolute Gasteiger partial charge is 0.338 e. The van der Waals surface area contributed by atoms with Crippen molar-refractivity contribution in [2.24, 2.45) is 0 Å². The first-order valence-corrected chi connectivity index (χ1v) is 8.79. The van der Waals surface area contributed by atoms with Gasteiger partial charge in [-0.1, -0.05) is 23.8 Å². The first kappa shape index (κ1) is 14.5. The summed E-state index contributed by atoms with van der Waals surface area (Å²) < 4.78 is 7.64. The van der Waals surface area contributed by atoms with E-state index in [-0.39, 0.29) is 5.97 Å². The zero-order valence-corrected chi connectivity index (χ0v) is 14.4. The fourth-order valence-electron chi connectivity index (χ4n) is 4.21. The number of aryl methyl sites for hydroxylation is 1. The van der Waals surface area contributed by atoms with Crippen LogP contribution in [0.4, 0.5) is 0 Å². The second-order valence-electron chi connectivity index (χ2n) is 6.92. The molecule has 0 spiro atoms. The fraction of sp³-hybridized carbons (Fsp3) is 0.227. The van der Waals surface area contributed by atoms with Crippen LogP contribution in [0.5, 0.6) is 0 Å². The largest absolute Gasteiger partial charge is 0.462 e. The van der Waals surface area contributed by atoms with Crippen LogP contribution >= 0.6 is 0 Å². The maximum absolute atomic E-state index is 12.4. The van der Waals surface area contributed by atoms with Crippen molar-refractivity contribution in [1.82, 2.24) is 4.57 Å². The highest BCUT2D eigenvalue weighted by Crippen LogP contribution is 2.43. The molecule has 0 bridgehead atoms. The lowest BCUT2D eigenvalue weighted by Crippen LogP contribution is -2.06. The van der Waals surface area contributed by atoms with E-state index in [1.54, 1.807) is 0 Å². The molecule has 3 aromatic rings. The van der Waals surface area contributed by atoms with Crippen LogP contribution in [-0.2, 0) is 17.6 Å². The summed E-state index contributed by atoms with van der Waals surface area (Å²) in [6.07, 6.45) is 1.79. The van der Waals surface area contributed by atoms with Crippen LogP contribution in [0.1, 0.15) is 45.4 Å². The normalized spacial score (nSPS) is 13.2. The highest BCUT2D eigenvalue weighted by molar-refractivity contribution is 5.94. The molecular weight excluding hydrogens is 310 g/mol. The number of aromatic nitrogens is 1. The Hall–Kier alpha value is -2.81. The zero-order valence-electron chi connectivity index (χ0n) is 14.4. The Balaban J connectivity index is 1.84. The van der Waals surface area contributed by atoms with Crippen LogP contribution in [0, 0.1) is 6.92 Å². The molecule has 25 heavy (non-hydrogen) atoms. The van der Waals surface area contributed by atoms with Gasteiger partial charge in [0.15, 0.2) is 0 Å². The van der Waals surface area contributed by atoms with E-state index in [1.165, 1.54) is 39.3 Å². The molecule has 2 aliphatic heterocycles.